The standard InChI is InChI=1S/C34H44N6O7S/c1-18(2)30(42)39-32-37-25(17-48-32)24-15-27(22-12-11-20(45-6)13-23(22)36-24)46-21-14-26(29(35)41)40(16-21)31(43)28(34(3,4)5)38-33(44)47-19-9-7-8-10-19/h11-13,15,17-19,21,26,28H,7-10,14,16H2,1-6H3,(H2,35,41)(H,38,44)(H,37,39,42)/t21-,26+,28-/m1/s1. The van der Waals surface area contributed by atoms with E-state index in [2.05, 4.69) is 15.6 Å². The van der Waals surface area contributed by atoms with Crippen LogP contribution in [0, 0.1) is 11.3 Å². The van der Waals surface area contributed by atoms with Crippen LogP contribution < -0.4 is 25.8 Å². The van der Waals surface area contributed by atoms with Gasteiger partial charge in [0.15, 0.2) is 5.13 Å². The van der Waals surface area contributed by atoms with Crippen LogP contribution in [0.2, 0.25) is 0 Å². The second kappa shape index (κ2) is 14.3. The number of hydrogen-bond acceptors (Lipinski definition) is 10. The predicted octanol–water partition coefficient (Wildman–Crippen LogP) is 4.88. The number of alkyl carbamates (subject to hydrolysis) is 1. The molecule has 3 aromatic rings. The molecule has 1 saturated heterocycles. The van der Waals surface area contributed by atoms with Gasteiger partial charge in [0.1, 0.15) is 41.5 Å². The number of amides is 4. The average molecular weight is 681 g/mol. The molecule has 14 heteroatoms. The molecule has 2 aromatic heterocycles. The Kier molecular flexibility index (Phi) is 10.4. The summed E-state index contributed by atoms with van der Waals surface area (Å²) in [6.07, 6.45) is 2.32. The molecule has 0 unspecified atom stereocenters. The Hall–Kier alpha value is -4.46. The number of aromatic nitrogens is 2. The number of nitrogens with two attached hydrogens (primary N) is 1. The normalized spacial score (nSPS) is 18.9. The Morgan fingerprint density at radius 1 is 1.04 bits per heavy atom. The molecule has 1 aliphatic heterocycles. The number of nitrogens with one attached hydrogen (secondary N) is 2. The summed E-state index contributed by atoms with van der Waals surface area (Å²) in [6, 6.07) is 5.23. The van der Waals surface area contributed by atoms with Gasteiger partial charge in [-0.2, -0.15) is 0 Å². The van der Waals surface area contributed by atoms with E-state index in [0.29, 0.717) is 38.9 Å². The van der Waals surface area contributed by atoms with Crippen molar-refractivity contribution in [2.24, 2.45) is 17.1 Å². The van der Waals surface area contributed by atoms with Crippen molar-refractivity contribution in [3.05, 3.63) is 29.6 Å². The number of rotatable bonds is 10. The molecule has 3 atom stereocenters. The lowest BCUT2D eigenvalue weighted by atomic mass is 9.85. The summed E-state index contributed by atoms with van der Waals surface area (Å²) in [5.74, 6) is -0.393. The zero-order chi connectivity index (χ0) is 34.7. The Balaban J connectivity index is 1.41. The average Bonchev–Trinajstić information content (AvgIpc) is 3.80. The highest BCUT2D eigenvalue weighted by atomic mass is 32.1. The molecule has 258 valence electrons. The minimum atomic E-state index is -0.970. The fourth-order valence-electron chi connectivity index (χ4n) is 5.93. The van der Waals surface area contributed by atoms with E-state index in [1.165, 1.54) is 16.2 Å². The molecule has 4 amide bonds. The molecule has 13 nitrogen and oxygen atoms in total. The van der Waals surface area contributed by atoms with Gasteiger partial charge in [0.05, 0.1) is 24.9 Å². The number of thiazole rings is 1. The van der Waals surface area contributed by atoms with Crippen molar-refractivity contribution in [1.29, 1.82) is 0 Å². The van der Waals surface area contributed by atoms with E-state index in [-0.39, 0.29) is 30.9 Å². The van der Waals surface area contributed by atoms with Gasteiger partial charge in [0.2, 0.25) is 17.7 Å². The van der Waals surface area contributed by atoms with Crippen LogP contribution >= 0.6 is 11.3 Å². The summed E-state index contributed by atoms with van der Waals surface area (Å²) in [5.41, 5.74) is 6.75. The Morgan fingerprint density at radius 2 is 1.77 bits per heavy atom. The smallest absolute Gasteiger partial charge is 0.408 e. The summed E-state index contributed by atoms with van der Waals surface area (Å²) in [5, 5.41) is 8.51. The maximum atomic E-state index is 14.1. The highest BCUT2D eigenvalue weighted by Gasteiger charge is 2.45. The maximum absolute atomic E-state index is 14.1. The van der Waals surface area contributed by atoms with Crippen LogP contribution in [0.15, 0.2) is 29.6 Å². The minimum Gasteiger partial charge on any atom is -0.497 e. The van der Waals surface area contributed by atoms with Gasteiger partial charge < -0.3 is 35.5 Å². The van der Waals surface area contributed by atoms with Crippen LogP contribution in [0.3, 0.4) is 0 Å². The summed E-state index contributed by atoms with van der Waals surface area (Å²) in [7, 11) is 1.56. The van der Waals surface area contributed by atoms with E-state index >= 15 is 0 Å². The van der Waals surface area contributed by atoms with Gasteiger partial charge in [-0.3, -0.25) is 14.4 Å². The molecular weight excluding hydrogens is 636 g/mol. The van der Waals surface area contributed by atoms with Crippen molar-refractivity contribution in [2.45, 2.75) is 91.0 Å². The quantitative estimate of drug-likeness (QED) is 0.270. The number of nitrogens with zero attached hydrogens (tertiary/aromatic N) is 3. The fraction of sp³-hybridized carbons (Fsp3) is 0.529. The van der Waals surface area contributed by atoms with E-state index < -0.39 is 41.5 Å². The van der Waals surface area contributed by atoms with Crippen molar-refractivity contribution in [3.63, 3.8) is 0 Å². The number of hydrogen-bond donors (Lipinski definition) is 3. The summed E-state index contributed by atoms with van der Waals surface area (Å²) in [6.45, 7) is 9.19. The lowest BCUT2D eigenvalue weighted by molar-refractivity contribution is -0.141. The fourth-order valence-corrected chi connectivity index (χ4v) is 6.64. The van der Waals surface area contributed by atoms with Gasteiger partial charge in [-0.15, -0.1) is 11.3 Å². The second-order valence-electron chi connectivity index (χ2n) is 13.7. The molecule has 48 heavy (non-hydrogen) atoms. The number of primary amides is 1. The van der Waals surface area contributed by atoms with Gasteiger partial charge in [0.25, 0.3) is 0 Å². The van der Waals surface area contributed by atoms with Crippen molar-refractivity contribution >= 4 is 51.2 Å². The number of pyridine rings is 1. The Morgan fingerprint density at radius 3 is 2.42 bits per heavy atom. The van der Waals surface area contributed by atoms with Gasteiger partial charge in [-0.05, 0) is 43.2 Å². The number of methoxy groups -OCH3 is 1. The molecule has 5 rings (SSSR count). The molecule has 1 aliphatic carbocycles. The van der Waals surface area contributed by atoms with E-state index in [1.807, 2.05) is 26.8 Å². The van der Waals surface area contributed by atoms with Crippen LogP contribution in [0.4, 0.5) is 9.93 Å². The topological polar surface area (TPSA) is 175 Å². The second-order valence-corrected chi connectivity index (χ2v) is 14.6. The molecule has 0 radical (unpaired) electrons. The maximum Gasteiger partial charge on any atom is 0.408 e. The van der Waals surface area contributed by atoms with Crippen LogP contribution in [0.1, 0.15) is 66.7 Å². The number of benzene rings is 1. The number of carbonyl (C=O) groups excluding carboxylic acids is 4. The highest BCUT2D eigenvalue weighted by molar-refractivity contribution is 7.14. The van der Waals surface area contributed by atoms with Gasteiger partial charge in [-0.1, -0.05) is 34.6 Å². The van der Waals surface area contributed by atoms with Crippen molar-refractivity contribution < 1.29 is 33.4 Å². The van der Waals surface area contributed by atoms with Gasteiger partial charge >= 0.3 is 6.09 Å². The van der Waals surface area contributed by atoms with Crippen molar-refractivity contribution in [2.75, 3.05) is 19.0 Å². The van der Waals surface area contributed by atoms with Gasteiger partial charge in [0, 0.05) is 35.2 Å². The molecule has 4 N–H and O–H groups in total. The predicted molar refractivity (Wildman–Crippen MR) is 182 cm³/mol. The van der Waals surface area contributed by atoms with Crippen LogP contribution in [0.25, 0.3) is 22.3 Å². The number of carbonyl (C=O) groups is 4. The molecule has 3 heterocycles. The number of ether oxygens (including phenoxy) is 3. The first-order valence-corrected chi connectivity index (χ1v) is 17.1. The zero-order valence-electron chi connectivity index (χ0n) is 28.2. The third-order valence-corrected chi connectivity index (χ3v) is 9.38. The highest BCUT2D eigenvalue weighted by Crippen LogP contribution is 2.36. The van der Waals surface area contributed by atoms with Crippen molar-refractivity contribution in [1.82, 2.24) is 20.2 Å². The summed E-state index contributed by atoms with van der Waals surface area (Å²) >= 11 is 1.28. The van der Waals surface area contributed by atoms with E-state index in [9.17, 15) is 19.2 Å². The molecule has 0 spiro atoms. The van der Waals surface area contributed by atoms with Gasteiger partial charge in [-0.25, -0.2) is 14.8 Å². The number of likely N-dealkylation sites (tertiary alicyclic amines) is 1. The van der Waals surface area contributed by atoms with E-state index in [4.69, 9.17) is 24.9 Å². The molecular formula is C34H44N6O7S. The van der Waals surface area contributed by atoms with Crippen LogP contribution in [-0.4, -0.2) is 76.6 Å². The first kappa shape index (κ1) is 34.9. The van der Waals surface area contributed by atoms with Crippen LogP contribution in [-0.2, 0) is 19.1 Å². The lowest BCUT2D eigenvalue weighted by Gasteiger charge is -2.34. The van der Waals surface area contributed by atoms with Crippen LogP contribution in [0.5, 0.6) is 11.5 Å². The Bertz CT molecular complexity index is 1680. The number of fused-ring (bicyclic) bond motifs is 1. The lowest BCUT2D eigenvalue weighted by Crippen LogP contribution is -2.57. The van der Waals surface area contributed by atoms with E-state index in [0.717, 1.165) is 25.7 Å². The van der Waals surface area contributed by atoms with E-state index in [1.54, 1.807) is 44.5 Å². The van der Waals surface area contributed by atoms with Crippen molar-refractivity contribution in [3.8, 4) is 22.9 Å². The zero-order valence-corrected chi connectivity index (χ0v) is 29.0. The summed E-state index contributed by atoms with van der Waals surface area (Å²) in [4.78, 5) is 62.6. The first-order valence-electron chi connectivity index (χ1n) is 16.2. The molecule has 2 fully saturated rings. The molecule has 1 aromatic carbocycles. The monoisotopic (exact) mass is 680 g/mol. The number of anilines is 1. The third-order valence-electron chi connectivity index (χ3n) is 8.62. The third kappa shape index (κ3) is 7.97. The molecule has 0 bridgehead atoms. The minimum absolute atomic E-state index is 0.0652. The largest absolute Gasteiger partial charge is 0.497 e. The Labute approximate surface area is 283 Å². The molecule has 2 aliphatic rings. The first-order chi connectivity index (χ1) is 22.7. The SMILES string of the molecule is COc1ccc2c(O[C@@H]3C[C@@H](C(N)=O)N(C(=O)[C@@H](NC(=O)OC4CCCC4)C(C)(C)C)C3)cc(-c3csc(NC(=O)C(C)C)n3)nc2c1. The molecule has 1 saturated carbocycles. The summed E-state index contributed by atoms with van der Waals surface area (Å²) < 4.78 is 17.5.